The summed E-state index contributed by atoms with van der Waals surface area (Å²) in [6, 6.07) is 0. The quantitative estimate of drug-likeness (QED) is 0.636. The van der Waals surface area contributed by atoms with Gasteiger partial charge in [-0.05, 0) is 0 Å². The maximum absolute atomic E-state index is 8.25. The van der Waals surface area contributed by atoms with Crippen molar-refractivity contribution in [3.8, 4) is 0 Å². The molecule has 1 rings (SSSR count). The molecule has 0 saturated carbocycles. The molecule has 0 aliphatic heterocycles. The summed E-state index contributed by atoms with van der Waals surface area (Å²) in [6.45, 7) is 11.4. The van der Waals surface area contributed by atoms with Gasteiger partial charge in [-0.1, -0.05) is 0 Å². The standard InChI is InChI=1S/C10H15.3CH3O.Zr/c1-7-6-10(4,5)9(3)8(7)2;3*1-2;/h1-5H3;3*1H3;/q;3*-1;+3. The fourth-order valence-corrected chi connectivity index (χ4v) is 2.52. The van der Waals surface area contributed by atoms with Crippen LogP contribution in [0.4, 0.5) is 0 Å². The van der Waals surface area contributed by atoms with Crippen LogP contribution in [0.25, 0.3) is 0 Å². The van der Waals surface area contributed by atoms with Gasteiger partial charge in [0.2, 0.25) is 0 Å². The minimum atomic E-state index is 0.354. The topological polar surface area (TPSA) is 69.2 Å². The number of hydrogen-bond acceptors (Lipinski definition) is 3. The van der Waals surface area contributed by atoms with E-state index < -0.39 is 0 Å². The smallest absolute Gasteiger partial charge is 0.153 e. The fraction of sp³-hybridized carbons (Fsp3) is 0.692. The zero-order chi connectivity index (χ0) is 14.8. The molecule has 0 N–H and O–H groups in total. The minimum Gasteiger partial charge on any atom is -0.857 e. The van der Waals surface area contributed by atoms with Gasteiger partial charge in [-0.15, -0.1) is 0 Å². The molecular formula is C13H24O3Zr. The Morgan fingerprint density at radius 3 is 1.12 bits per heavy atom. The Bertz CT molecular complexity index is 240. The molecule has 0 radical (unpaired) electrons. The van der Waals surface area contributed by atoms with E-state index in [2.05, 4.69) is 34.6 Å². The van der Waals surface area contributed by atoms with Crippen molar-refractivity contribution in [2.24, 2.45) is 5.41 Å². The van der Waals surface area contributed by atoms with Gasteiger partial charge in [0, 0.05) is 0 Å². The van der Waals surface area contributed by atoms with E-state index in [0.717, 1.165) is 21.3 Å². The van der Waals surface area contributed by atoms with Crippen LogP contribution in [0.5, 0.6) is 0 Å². The second-order valence-corrected chi connectivity index (χ2v) is 5.10. The van der Waals surface area contributed by atoms with Crippen molar-refractivity contribution in [1.29, 1.82) is 0 Å². The molecule has 0 amide bonds. The third-order valence-corrected chi connectivity index (χ3v) is 5.52. The number of rotatable bonds is 0. The van der Waals surface area contributed by atoms with Gasteiger partial charge in [-0.2, -0.15) is 21.3 Å². The van der Waals surface area contributed by atoms with Gasteiger partial charge < -0.3 is 15.3 Å². The van der Waals surface area contributed by atoms with Gasteiger partial charge in [0.25, 0.3) is 0 Å². The van der Waals surface area contributed by atoms with Gasteiger partial charge in [0.05, 0.1) is 0 Å². The van der Waals surface area contributed by atoms with Crippen molar-refractivity contribution in [3.05, 3.63) is 20.0 Å². The predicted octanol–water partition coefficient (Wildman–Crippen LogP) is 0.113. The molecule has 1 aliphatic carbocycles. The summed E-state index contributed by atoms with van der Waals surface area (Å²) in [4.78, 5) is 0. The third-order valence-electron chi connectivity index (χ3n) is 3.06. The molecule has 0 bridgehead atoms. The molecule has 0 fully saturated rings. The number of allylic oxidation sites excluding steroid dienone is 4. The average molecular weight is 320 g/mol. The third kappa shape index (κ3) is 5.61. The van der Waals surface area contributed by atoms with Crippen molar-refractivity contribution in [3.63, 3.8) is 0 Å². The van der Waals surface area contributed by atoms with Crippen LogP contribution >= 0.6 is 0 Å². The van der Waals surface area contributed by atoms with Gasteiger partial charge in [-0.25, -0.2) is 0 Å². The van der Waals surface area contributed by atoms with E-state index in [9.17, 15) is 0 Å². The molecule has 0 saturated heterocycles. The van der Waals surface area contributed by atoms with Crippen LogP contribution in [0.1, 0.15) is 34.6 Å². The van der Waals surface area contributed by atoms with Crippen LogP contribution in [0.3, 0.4) is 0 Å². The monoisotopic (exact) mass is 318 g/mol. The Morgan fingerprint density at radius 2 is 1.06 bits per heavy atom. The molecule has 98 valence electrons. The minimum absolute atomic E-state index is 0.354. The van der Waals surface area contributed by atoms with Crippen molar-refractivity contribution < 1.29 is 40.0 Å². The molecule has 0 aromatic heterocycles. The van der Waals surface area contributed by atoms with Crippen molar-refractivity contribution in [1.82, 2.24) is 0 Å². The summed E-state index contributed by atoms with van der Waals surface area (Å²) >= 11 is 1.57. The Labute approximate surface area is 121 Å². The summed E-state index contributed by atoms with van der Waals surface area (Å²) in [5, 5.41) is 24.8. The summed E-state index contributed by atoms with van der Waals surface area (Å²) in [6.07, 6.45) is 0. The van der Waals surface area contributed by atoms with E-state index in [1.807, 2.05) is 0 Å². The molecule has 0 aromatic rings. The van der Waals surface area contributed by atoms with Crippen LogP contribution in [-0.4, -0.2) is 21.3 Å². The molecule has 3 nitrogen and oxygen atoms in total. The van der Waals surface area contributed by atoms with Gasteiger partial charge in [-0.3, -0.25) is 0 Å². The molecule has 0 heterocycles. The van der Waals surface area contributed by atoms with Crippen molar-refractivity contribution >= 4 is 0 Å². The van der Waals surface area contributed by atoms with Crippen molar-refractivity contribution in [2.75, 3.05) is 21.3 Å². The van der Waals surface area contributed by atoms with E-state index in [1.54, 1.807) is 33.6 Å². The molecule has 0 aromatic carbocycles. The van der Waals surface area contributed by atoms with Gasteiger partial charge >= 0.3 is 84.8 Å². The zero-order valence-corrected chi connectivity index (χ0v) is 14.7. The van der Waals surface area contributed by atoms with Crippen molar-refractivity contribution in [2.45, 2.75) is 34.6 Å². The maximum atomic E-state index is 8.25. The molecule has 1 aliphatic rings. The molecule has 4 heteroatoms. The van der Waals surface area contributed by atoms with E-state index >= 15 is 0 Å². The van der Waals surface area contributed by atoms with Crippen LogP contribution in [-0.2, 0) is 24.7 Å². The molecule has 0 atom stereocenters. The van der Waals surface area contributed by atoms with Gasteiger partial charge in [0.1, 0.15) is 0 Å². The van der Waals surface area contributed by atoms with E-state index in [-0.39, 0.29) is 0 Å². The van der Waals surface area contributed by atoms with Crippen LogP contribution < -0.4 is 15.3 Å². The largest absolute Gasteiger partial charge is 0.857 e. The maximum Gasteiger partial charge on any atom is -0.153 e. The molecule has 0 unspecified atom stereocenters. The zero-order valence-electron chi connectivity index (χ0n) is 12.2. The molecule has 0 spiro atoms. The van der Waals surface area contributed by atoms with Gasteiger partial charge in [0.15, 0.2) is 0 Å². The van der Waals surface area contributed by atoms with Crippen LogP contribution in [0, 0.1) is 5.41 Å². The Balaban J connectivity index is -0.000000285. The Hall–Kier alpha value is 0.243. The average Bonchev–Trinajstić information content (AvgIpc) is 2.52. The summed E-state index contributed by atoms with van der Waals surface area (Å²) in [7, 11) is 2.25. The first-order chi connectivity index (χ1) is 7.89. The second-order valence-electron chi connectivity index (χ2n) is 3.88. The van der Waals surface area contributed by atoms with E-state index in [4.69, 9.17) is 15.3 Å². The molecular weight excluding hydrogens is 295 g/mol. The summed E-state index contributed by atoms with van der Waals surface area (Å²) < 4.78 is 1.62. The van der Waals surface area contributed by atoms with E-state index in [0.29, 0.717) is 5.41 Å². The van der Waals surface area contributed by atoms with Crippen LogP contribution in [0.15, 0.2) is 20.0 Å². The summed E-state index contributed by atoms with van der Waals surface area (Å²) in [5.41, 5.74) is 4.96. The first-order valence-electron chi connectivity index (χ1n) is 5.22. The first-order valence-corrected chi connectivity index (χ1v) is 6.45. The van der Waals surface area contributed by atoms with E-state index in [1.165, 1.54) is 11.1 Å². The SMILES string of the molecule is CC1=C(C)C(C)(C)[C]([Zr+3])=C1C.C[O-].C[O-].C[O-]. The predicted molar refractivity (Wildman–Crippen MR) is 62.6 cm³/mol. The Morgan fingerprint density at radius 1 is 0.765 bits per heavy atom. The molecule has 17 heavy (non-hydrogen) atoms. The van der Waals surface area contributed by atoms with Crippen LogP contribution in [0.2, 0.25) is 0 Å². The first kappa shape index (κ1) is 22.4. The summed E-state index contributed by atoms with van der Waals surface area (Å²) in [5.74, 6) is 0. The second kappa shape index (κ2) is 11.3. The normalized spacial score (nSPS) is 16.3. The fourth-order valence-electron chi connectivity index (χ4n) is 1.59. The Kier molecular flexibility index (Phi) is 15.0. The number of hydrogen-bond donors (Lipinski definition) is 0.